The Bertz CT molecular complexity index is 846. The molecule has 0 aliphatic rings. The molecular weight excluding hydrogens is 268 g/mol. The van der Waals surface area contributed by atoms with Crippen LogP contribution >= 0.6 is 0 Å². The van der Waals surface area contributed by atoms with Crippen molar-refractivity contribution in [2.75, 3.05) is 0 Å². The molecule has 0 aliphatic heterocycles. The normalized spacial score (nSPS) is 10.7. The van der Waals surface area contributed by atoms with Gasteiger partial charge in [0.2, 0.25) is 0 Å². The first-order valence-corrected chi connectivity index (χ1v) is 6.54. The van der Waals surface area contributed by atoms with E-state index in [-0.39, 0.29) is 11.5 Å². The van der Waals surface area contributed by atoms with Gasteiger partial charge >= 0.3 is 0 Å². The zero-order valence-corrected chi connectivity index (χ0v) is 11.5. The van der Waals surface area contributed by atoms with E-state index in [1.54, 1.807) is 0 Å². The molecule has 3 rings (SSSR count). The molecule has 1 aromatic carbocycles. The van der Waals surface area contributed by atoms with E-state index in [2.05, 4.69) is 15.4 Å². The van der Waals surface area contributed by atoms with Crippen molar-refractivity contribution in [1.29, 1.82) is 0 Å². The van der Waals surface area contributed by atoms with E-state index in [9.17, 15) is 9.59 Å². The Morgan fingerprint density at radius 3 is 2.81 bits per heavy atom. The average Bonchev–Trinajstić information content (AvgIpc) is 2.92. The third-order valence-corrected chi connectivity index (χ3v) is 3.24. The van der Waals surface area contributed by atoms with E-state index in [0.717, 1.165) is 5.56 Å². The van der Waals surface area contributed by atoms with Gasteiger partial charge in [-0.25, -0.2) is 9.50 Å². The maximum Gasteiger partial charge on any atom is 0.272 e. The maximum absolute atomic E-state index is 12.2. The van der Waals surface area contributed by atoms with Crippen LogP contribution in [0, 0.1) is 6.92 Å². The quantitative estimate of drug-likeness (QED) is 0.759. The predicted molar refractivity (Wildman–Crippen MR) is 78.2 cm³/mol. The molecule has 0 saturated heterocycles. The van der Waals surface area contributed by atoms with E-state index in [1.807, 2.05) is 31.2 Å². The Labute approximate surface area is 120 Å². The number of benzene rings is 1. The number of nitrogens with one attached hydrogen (secondary N) is 2. The summed E-state index contributed by atoms with van der Waals surface area (Å²) in [5.74, 6) is -0.271. The van der Waals surface area contributed by atoms with Gasteiger partial charge in [-0.15, -0.1) is 0 Å². The molecule has 0 aliphatic carbocycles. The minimum Gasteiger partial charge on any atom is -0.348 e. The fraction of sp³-hybridized carbons (Fsp3) is 0.133. The second-order valence-corrected chi connectivity index (χ2v) is 4.80. The first-order valence-electron chi connectivity index (χ1n) is 6.54. The lowest BCUT2D eigenvalue weighted by molar-refractivity contribution is 0.0952. The lowest BCUT2D eigenvalue weighted by atomic mass is 10.1. The van der Waals surface area contributed by atoms with Crippen LogP contribution in [-0.4, -0.2) is 20.5 Å². The number of aromatic amines is 1. The SMILES string of the molecule is Cc1ccc(CNC(=O)c2c[nH]n3c(=O)ccnc23)cc1. The Balaban J connectivity index is 1.80. The van der Waals surface area contributed by atoms with Gasteiger partial charge in [-0.05, 0) is 12.5 Å². The third-order valence-electron chi connectivity index (χ3n) is 3.24. The molecule has 0 fully saturated rings. The van der Waals surface area contributed by atoms with Crippen LogP contribution in [-0.2, 0) is 6.54 Å². The molecule has 0 spiro atoms. The maximum atomic E-state index is 12.2. The molecule has 2 aromatic heterocycles. The van der Waals surface area contributed by atoms with Crippen molar-refractivity contribution in [3.63, 3.8) is 0 Å². The van der Waals surface area contributed by atoms with Gasteiger partial charge in [0, 0.05) is 25.0 Å². The number of carbonyl (C=O) groups is 1. The summed E-state index contributed by atoms with van der Waals surface area (Å²) in [6, 6.07) is 9.25. The molecule has 106 valence electrons. The first-order chi connectivity index (χ1) is 10.1. The van der Waals surface area contributed by atoms with Crippen LogP contribution < -0.4 is 10.9 Å². The van der Waals surface area contributed by atoms with Crippen LogP contribution in [0.15, 0.2) is 47.5 Å². The number of rotatable bonds is 3. The van der Waals surface area contributed by atoms with Crippen molar-refractivity contribution in [3.8, 4) is 0 Å². The van der Waals surface area contributed by atoms with Crippen molar-refractivity contribution >= 4 is 11.6 Å². The van der Waals surface area contributed by atoms with Gasteiger partial charge in [-0.3, -0.25) is 14.7 Å². The van der Waals surface area contributed by atoms with Gasteiger partial charge in [-0.1, -0.05) is 29.8 Å². The van der Waals surface area contributed by atoms with E-state index in [1.165, 1.54) is 28.5 Å². The molecular formula is C15H14N4O2. The largest absolute Gasteiger partial charge is 0.348 e. The highest BCUT2D eigenvalue weighted by Crippen LogP contribution is 2.06. The number of carbonyl (C=O) groups excluding carboxylic acids is 1. The van der Waals surface area contributed by atoms with Gasteiger partial charge < -0.3 is 5.32 Å². The second kappa shape index (κ2) is 5.24. The number of aryl methyl sites for hydroxylation is 1. The first kappa shape index (κ1) is 13.1. The topological polar surface area (TPSA) is 79.3 Å². The summed E-state index contributed by atoms with van der Waals surface area (Å²) in [7, 11) is 0. The number of amides is 1. The lowest BCUT2D eigenvalue weighted by Gasteiger charge is -2.04. The number of nitrogens with zero attached hydrogens (tertiary/aromatic N) is 2. The second-order valence-electron chi connectivity index (χ2n) is 4.80. The average molecular weight is 282 g/mol. The molecule has 3 aromatic rings. The smallest absolute Gasteiger partial charge is 0.272 e. The molecule has 1 amide bonds. The number of fused-ring (bicyclic) bond motifs is 1. The summed E-state index contributed by atoms with van der Waals surface area (Å²) in [4.78, 5) is 27.8. The monoisotopic (exact) mass is 282 g/mol. The van der Waals surface area contributed by atoms with Crippen LogP contribution in [0.3, 0.4) is 0 Å². The lowest BCUT2D eigenvalue weighted by Crippen LogP contribution is -2.23. The third kappa shape index (κ3) is 2.55. The highest BCUT2D eigenvalue weighted by atomic mass is 16.2. The van der Waals surface area contributed by atoms with Gasteiger partial charge in [0.15, 0.2) is 5.65 Å². The molecule has 21 heavy (non-hydrogen) atoms. The zero-order chi connectivity index (χ0) is 14.8. The molecule has 2 N–H and O–H groups in total. The van der Waals surface area contributed by atoms with Crippen LogP contribution in [0.1, 0.15) is 21.5 Å². The van der Waals surface area contributed by atoms with Gasteiger partial charge in [0.25, 0.3) is 11.5 Å². The van der Waals surface area contributed by atoms with Crippen molar-refractivity contribution < 1.29 is 4.79 Å². The summed E-state index contributed by atoms with van der Waals surface area (Å²) in [6.45, 7) is 2.44. The minimum absolute atomic E-state index is 0.252. The number of aromatic nitrogens is 3. The van der Waals surface area contributed by atoms with E-state index in [0.29, 0.717) is 17.8 Å². The molecule has 6 nitrogen and oxygen atoms in total. The Hall–Kier alpha value is -2.89. The number of H-pyrrole nitrogens is 1. The molecule has 0 unspecified atom stereocenters. The number of hydrogen-bond donors (Lipinski definition) is 2. The highest BCUT2D eigenvalue weighted by molar-refractivity contribution is 5.99. The zero-order valence-electron chi connectivity index (χ0n) is 11.5. The van der Waals surface area contributed by atoms with Crippen molar-refractivity contribution in [1.82, 2.24) is 19.9 Å². The summed E-state index contributed by atoms with van der Waals surface area (Å²) < 4.78 is 1.24. The summed E-state index contributed by atoms with van der Waals surface area (Å²) in [6.07, 6.45) is 2.87. The standard InChI is InChI=1S/C15H14N4O2/c1-10-2-4-11(5-3-10)8-17-15(21)12-9-18-19-13(20)6-7-16-14(12)19/h2-7,9,18H,8H2,1H3,(H,17,21). The highest BCUT2D eigenvalue weighted by Gasteiger charge is 2.13. The molecule has 2 heterocycles. The van der Waals surface area contributed by atoms with Crippen molar-refractivity contribution in [3.05, 3.63) is 69.8 Å². The van der Waals surface area contributed by atoms with E-state index >= 15 is 0 Å². The van der Waals surface area contributed by atoms with E-state index < -0.39 is 0 Å². The molecule has 6 heteroatoms. The molecule has 0 bridgehead atoms. The fourth-order valence-corrected chi connectivity index (χ4v) is 2.07. The van der Waals surface area contributed by atoms with Gasteiger partial charge in [0.1, 0.15) is 5.56 Å². The summed E-state index contributed by atoms with van der Waals surface area (Å²) in [5, 5.41) is 5.54. The Morgan fingerprint density at radius 1 is 1.29 bits per heavy atom. The van der Waals surface area contributed by atoms with Crippen LogP contribution in [0.25, 0.3) is 5.65 Å². The van der Waals surface area contributed by atoms with Gasteiger partial charge in [0.05, 0.1) is 0 Å². The van der Waals surface area contributed by atoms with E-state index in [4.69, 9.17) is 0 Å². The molecule has 0 radical (unpaired) electrons. The van der Waals surface area contributed by atoms with Crippen LogP contribution in [0.2, 0.25) is 0 Å². The summed E-state index contributed by atoms with van der Waals surface area (Å²) in [5.41, 5.74) is 2.60. The molecule has 0 saturated carbocycles. The minimum atomic E-state index is -0.271. The van der Waals surface area contributed by atoms with Crippen molar-refractivity contribution in [2.24, 2.45) is 0 Å². The number of hydrogen-bond acceptors (Lipinski definition) is 3. The van der Waals surface area contributed by atoms with Crippen molar-refractivity contribution in [2.45, 2.75) is 13.5 Å². The predicted octanol–water partition coefficient (Wildman–Crippen LogP) is 1.26. The Kier molecular flexibility index (Phi) is 3.27. The van der Waals surface area contributed by atoms with Gasteiger partial charge in [-0.2, -0.15) is 0 Å². The fourth-order valence-electron chi connectivity index (χ4n) is 2.07. The van der Waals surface area contributed by atoms with Crippen LogP contribution in [0.4, 0.5) is 0 Å². The van der Waals surface area contributed by atoms with Crippen LogP contribution in [0.5, 0.6) is 0 Å². The molecule has 0 atom stereocenters. The summed E-state index contributed by atoms with van der Waals surface area (Å²) >= 11 is 0. The Morgan fingerprint density at radius 2 is 2.05 bits per heavy atom.